The van der Waals surface area contributed by atoms with Crippen LogP contribution in [0.5, 0.6) is 5.75 Å². The van der Waals surface area contributed by atoms with E-state index in [0.717, 1.165) is 55.0 Å². The highest BCUT2D eigenvalue weighted by Crippen LogP contribution is 2.33. The molecule has 184 valence electrons. The Morgan fingerprint density at radius 3 is 2.60 bits per heavy atom. The normalized spacial score (nSPS) is 19.1. The van der Waals surface area contributed by atoms with Crippen molar-refractivity contribution in [2.45, 2.75) is 38.3 Å². The van der Waals surface area contributed by atoms with Crippen LogP contribution in [0.25, 0.3) is 11.4 Å². The van der Waals surface area contributed by atoms with Gasteiger partial charge in [0, 0.05) is 19.2 Å². The van der Waals surface area contributed by atoms with E-state index in [1.165, 1.54) is 12.7 Å². The molecule has 2 aromatic heterocycles. The minimum absolute atomic E-state index is 0.0223. The fourth-order valence-electron chi connectivity index (χ4n) is 4.64. The molecule has 8 nitrogen and oxygen atoms in total. The number of pyridine rings is 1. The van der Waals surface area contributed by atoms with Crippen LogP contribution in [0, 0.1) is 5.41 Å². The first-order valence-corrected chi connectivity index (χ1v) is 12.2. The van der Waals surface area contributed by atoms with E-state index >= 15 is 0 Å². The standard InChI is InChI=1S/C27H31N3O5/c1-32-26(31)27(18-33-19-27)16-21-7-5-20(6-8-21)12-15-34-22-9-10-23(28-17-22)24-11-13-29-30(24)25-4-2-3-14-35-25/h5-11,13,17,25H,2-4,12,14-16,18-19H2,1H3. The van der Waals surface area contributed by atoms with Crippen LogP contribution < -0.4 is 4.74 Å². The predicted octanol–water partition coefficient (Wildman–Crippen LogP) is 4.00. The summed E-state index contributed by atoms with van der Waals surface area (Å²) < 4.78 is 24.0. The third kappa shape index (κ3) is 5.23. The molecule has 0 aliphatic carbocycles. The van der Waals surface area contributed by atoms with Crippen LogP contribution in [0.4, 0.5) is 0 Å². The number of rotatable bonds is 9. The molecule has 0 N–H and O–H groups in total. The second-order valence-corrected chi connectivity index (χ2v) is 9.22. The largest absolute Gasteiger partial charge is 0.492 e. The lowest BCUT2D eigenvalue weighted by molar-refractivity contribution is -0.182. The molecule has 1 unspecified atom stereocenters. The monoisotopic (exact) mass is 477 g/mol. The molecule has 0 spiro atoms. The minimum Gasteiger partial charge on any atom is -0.492 e. The molecule has 2 fully saturated rings. The van der Waals surface area contributed by atoms with Gasteiger partial charge in [0.15, 0.2) is 6.23 Å². The molecule has 2 saturated heterocycles. The molecule has 0 saturated carbocycles. The lowest BCUT2D eigenvalue weighted by Crippen LogP contribution is -2.51. The Kier molecular flexibility index (Phi) is 7.11. The summed E-state index contributed by atoms with van der Waals surface area (Å²) in [5.41, 5.74) is 3.53. The van der Waals surface area contributed by atoms with Crippen LogP contribution in [-0.4, -0.2) is 54.3 Å². The van der Waals surface area contributed by atoms with Gasteiger partial charge in [-0.05, 0) is 55.0 Å². The summed E-state index contributed by atoms with van der Waals surface area (Å²) >= 11 is 0. The van der Waals surface area contributed by atoms with Crippen LogP contribution in [-0.2, 0) is 31.8 Å². The highest BCUT2D eigenvalue weighted by molar-refractivity contribution is 5.78. The molecule has 3 aromatic rings. The zero-order valence-electron chi connectivity index (χ0n) is 20.0. The zero-order valence-corrected chi connectivity index (χ0v) is 20.0. The molecule has 0 bridgehead atoms. The number of benzene rings is 1. The van der Waals surface area contributed by atoms with E-state index in [0.29, 0.717) is 26.2 Å². The van der Waals surface area contributed by atoms with Crippen molar-refractivity contribution < 1.29 is 23.7 Å². The smallest absolute Gasteiger partial charge is 0.316 e. The van der Waals surface area contributed by atoms with E-state index in [4.69, 9.17) is 18.9 Å². The molecule has 2 aliphatic rings. The van der Waals surface area contributed by atoms with Gasteiger partial charge in [-0.25, -0.2) is 4.68 Å². The lowest BCUT2D eigenvalue weighted by atomic mass is 9.79. The summed E-state index contributed by atoms with van der Waals surface area (Å²) in [6, 6.07) is 14.2. The molecular formula is C27H31N3O5. The van der Waals surface area contributed by atoms with Crippen LogP contribution in [0.1, 0.15) is 36.6 Å². The summed E-state index contributed by atoms with van der Waals surface area (Å²) in [5.74, 6) is 0.531. The first-order valence-electron chi connectivity index (χ1n) is 12.2. The number of ether oxygens (including phenoxy) is 4. The van der Waals surface area contributed by atoms with Crippen molar-refractivity contribution in [2.75, 3.05) is 33.5 Å². The molecule has 2 aliphatic heterocycles. The van der Waals surface area contributed by atoms with Gasteiger partial charge < -0.3 is 18.9 Å². The van der Waals surface area contributed by atoms with E-state index in [2.05, 4.69) is 34.3 Å². The van der Waals surface area contributed by atoms with Gasteiger partial charge >= 0.3 is 5.97 Å². The van der Waals surface area contributed by atoms with Gasteiger partial charge in [0.2, 0.25) is 0 Å². The Labute approximate surface area is 205 Å². The third-order valence-corrected chi connectivity index (χ3v) is 6.70. The summed E-state index contributed by atoms with van der Waals surface area (Å²) in [4.78, 5) is 16.7. The van der Waals surface area contributed by atoms with Gasteiger partial charge in [0.25, 0.3) is 0 Å². The van der Waals surface area contributed by atoms with Gasteiger partial charge in [-0.3, -0.25) is 9.78 Å². The van der Waals surface area contributed by atoms with Crippen LogP contribution >= 0.6 is 0 Å². The van der Waals surface area contributed by atoms with Crippen molar-refractivity contribution in [1.82, 2.24) is 14.8 Å². The Morgan fingerprint density at radius 1 is 1.11 bits per heavy atom. The number of hydrogen-bond acceptors (Lipinski definition) is 7. The highest BCUT2D eigenvalue weighted by Gasteiger charge is 2.47. The highest BCUT2D eigenvalue weighted by atomic mass is 16.5. The van der Waals surface area contributed by atoms with Crippen LogP contribution in [0.15, 0.2) is 54.9 Å². The van der Waals surface area contributed by atoms with E-state index in [1.54, 1.807) is 12.4 Å². The minimum atomic E-state index is -0.542. The molecule has 4 heterocycles. The van der Waals surface area contributed by atoms with Crippen LogP contribution in [0.2, 0.25) is 0 Å². The van der Waals surface area contributed by atoms with Crippen molar-refractivity contribution in [3.63, 3.8) is 0 Å². The zero-order chi connectivity index (χ0) is 24.1. The topological polar surface area (TPSA) is 84.7 Å². The fraction of sp³-hybridized carbons (Fsp3) is 0.444. The molecule has 0 amide bonds. The van der Waals surface area contributed by atoms with Crippen molar-refractivity contribution in [3.05, 3.63) is 66.0 Å². The van der Waals surface area contributed by atoms with Crippen molar-refractivity contribution >= 4 is 5.97 Å². The quantitative estimate of drug-likeness (QED) is 0.431. The van der Waals surface area contributed by atoms with Gasteiger partial charge in [-0.2, -0.15) is 5.10 Å². The van der Waals surface area contributed by atoms with Gasteiger partial charge in [0.1, 0.15) is 11.2 Å². The van der Waals surface area contributed by atoms with E-state index in [1.807, 2.05) is 22.9 Å². The van der Waals surface area contributed by atoms with Crippen molar-refractivity contribution in [3.8, 4) is 17.1 Å². The number of nitrogens with zero attached hydrogens (tertiary/aromatic N) is 3. The second-order valence-electron chi connectivity index (χ2n) is 9.22. The summed E-state index contributed by atoms with van der Waals surface area (Å²) in [6.45, 7) is 2.15. The number of carbonyl (C=O) groups is 1. The number of esters is 1. The van der Waals surface area contributed by atoms with Gasteiger partial charge in [-0.15, -0.1) is 0 Å². The maximum Gasteiger partial charge on any atom is 0.316 e. The van der Waals surface area contributed by atoms with Crippen molar-refractivity contribution in [2.24, 2.45) is 5.41 Å². The predicted molar refractivity (Wildman–Crippen MR) is 129 cm³/mol. The third-order valence-electron chi connectivity index (χ3n) is 6.70. The number of aromatic nitrogens is 3. The number of methoxy groups -OCH3 is 1. The molecule has 5 rings (SSSR count). The average Bonchev–Trinajstić information content (AvgIpc) is 3.38. The van der Waals surface area contributed by atoms with Crippen LogP contribution in [0.3, 0.4) is 0 Å². The number of hydrogen-bond donors (Lipinski definition) is 0. The second kappa shape index (κ2) is 10.6. The fourth-order valence-corrected chi connectivity index (χ4v) is 4.64. The molecule has 1 aromatic carbocycles. The Hall–Kier alpha value is -3.23. The molecule has 1 atom stereocenters. The maximum atomic E-state index is 12.1. The lowest BCUT2D eigenvalue weighted by Gasteiger charge is -2.38. The first kappa shape index (κ1) is 23.5. The molecular weight excluding hydrogens is 446 g/mol. The number of carbonyl (C=O) groups excluding carboxylic acids is 1. The van der Waals surface area contributed by atoms with Crippen molar-refractivity contribution in [1.29, 1.82) is 0 Å². The summed E-state index contributed by atoms with van der Waals surface area (Å²) in [6.07, 6.45) is 8.15. The Bertz CT molecular complexity index is 1120. The molecule has 0 radical (unpaired) electrons. The van der Waals surface area contributed by atoms with E-state index < -0.39 is 5.41 Å². The van der Waals surface area contributed by atoms with Gasteiger partial charge in [0.05, 0.1) is 44.5 Å². The summed E-state index contributed by atoms with van der Waals surface area (Å²) in [5, 5.41) is 4.46. The average molecular weight is 478 g/mol. The maximum absolute atomic E-state index is 12.1. The molecule has 8 heteroatoms. The molecule has 35 heavy (non-hydrogen) atoms. The van der Waals surface area contributed by atoms with E-state index in [-0.39, 0.29) is 12.2 Å². The SMILES string of the molecule is COC(=O)C1(Cc2ccc(CCOc3ccc(-c4ccnn4C4CCCCO4)nc3)cc2)COC1. The van der Waals surface area contributed by atoms with Gasteiger partial charge in [-0.1, -0.05) is 24.3 Å². The summed E-state index contributed by atoms with van der Waals surface area (Å²) in [7, 11) is 1.43. The first-order chi connectivity index (χ1) is 17.2. The Morgan fingerprint density at radius 2 is 1.94 bits per heavy atom. The van der Waals surface area contributed by atoms with E-state index in [9.17, 15) is 4.79 Å². The Balaban J connectivity index is 1.13.